The van der Waals surface area contributed by atoms with E-state index in [2.05, 4.69) is 17.6 Å². The highest BCUT2D eigenvalue weighted by Gasteiger charge is 2.41. The molecule has 0 radical (unpaired) electrons. The van der Waals surface area contributed by atoms with Crippen LogP contribution in [0.4, 0.5) is 0 Å². The van der Waals surface area contributed by atoms with Gasteiger partial charge in [-0.2, -0.15) is 0 Å². The number of nitrogens with two attached hydrogens (primary N) is 2. The van der Waals surface area contributed by atoms with Crippen LogP contribution in [0, 0.1) is 5.41 Å². The molecule has 4 rings (SSSR count). The quantitative estimate of drug-likeness (QED) is 0.305. The Morgan fingerprint density at radius 1 is 1.14 bits per heavy atom. The zero-order valence-corrected chi connectivity index (χ0v) is 20.8. The maximum atomic E-state index is 13.5. The van der Waals surface area contributed by atoms with E-state index in [1.54, 1.807) is 0 Å². The normalized spacial score (nSPS) is 20.7. The van der Waals surface area contributed by atoms with Gasteiger partial charge in [0, 0.05) is 42.5 Å². The number of carboxylic acids is 1. The number of nitrogen functional groups attached to an aromatic ring is 1. The molecule has 0 unspecified atom stereocenters. The Balaban J connectivity index is 1.46. The predicted octanol–water partition coefficient (Wildman–Crippen LogP) is 1.66. The predicted molar refractivity (Wildman–Crippen MR) is 137 cm³/mol. The average Bonchev–Trinajstić information content (AvgIpc) is 3.58. The molecule has 6 N–H and O–H groups in total. The van der Waals surface area contributed by atoms with Crippen molar-refractivity contribution >= 4 is 34.5 Å². The monoisotopic (exact) mass is 496 g/mol. The molecule has 10 heteroatoms. The van der Waals surface area contributed by atoms with Gasteiger partial charge in [0.1, 0.15) is 11.9 Å². The van der Waals surface area contributed by atoms with Crippen molar-refractivity contribution in [2.75, 3.05) is 13.1 Å². The van der Waals surface area contributed by atoms with E-state index in [1.165, 1.54) is 10.6 Å². The van der Waals surface area contributed by atoms with Crippen molar-refractivity contribution in [3.05, 3.63) is 35.5 Å². The first-order valence-corrected chi connectivity index (χ1v) is 12.8. The second-order valence-electron chi connectivity index (χ2n) is 9.83. The molecule has 2 aliphatic heterocycles. The molecule has 0 bridgehead atoms. The van der Waals surface area contributed by atoms with Crippen molar-refractivity contribution < 1.29 is 19.5 Å². The largest absolute Gasteiger partial charge is 0.481 e. The average molecular weight is 497 g/mol. The van der Waals surface area contributed by atoms with Crippen LogP contribution in [0.2, 0.25) is 0 Å². The van der Waals surface area contributed by atoms with Crippen molar-refractivity contribution in [1.29, 1.82) is 5.41 Å². The Bertz CT molecular complexity index is 1170. The lowest BCUT2D eigenvalue weighted by molar-refractivity contribution is -0.146. The molecule has 1 aromatic heterocycles. The Hall–Kier alpha value is -3.40. The topological polar surface area (TPSA) is 159 Å². The van der Waals surface area contributed by atoms with Gasteiger partial charge in [-0.3, -0.25) is 19.8 Å². The fourth-order valence-corrected chi connectivity index (χ4v) is 5.77. The van der Waals surface area contributed by atoms with Crippen molar-refractivity contribution in [1.82, 2.24) is 14.4 Å². The smallest absolute Gasteiger partial charge is 0.305 e. The van der Waals surface area contributed by atoms with Crippen molar-refractivity contribution in [3.8, 4) is 0 Å². The Morgan fingerprint density at radius 2 is 1.86 bits per heavy atom. The number of aryl methyl sites for hydroxylation is 2. The van der Waals surface area contributed by atoms with E-state index in [9.17, 15) is 14.4 Å². The summed E-state index contributed by atoms with van der Waals surface area (Å²) in [6, 6.07) is 6.38. The molecule has 36 heavy (non-hydrogen) atoms. The number of carboxylic acid groups (broad SMARTS) is 1. The highest BCUT2D eigenvalue weighted by Crippen LogP contribution is 2.29. The fourth-order valence-electron chi connectivity index (χ4n) is 5.77. The third-order valence-electron chi connectivity index (χ3n) is 7.54. The number of carbonyl (C=O) groups excluding carboxylic acids is 2. The summed E-state index contributed by atoms with van der Waals surface area (Å²) in [6.07, 6.45) is 4.32. The van der Waals surface area contributed by atoms with E-state index in [0.717, 1.165) is 43.1 Å². The summed E-state index contributed by atoms with van der Waals surface area (Å²) in [4.78, 5) is 40.7. The zero-order valence-electron chi connectivity index (χ0n) is 20.8. The second kappa shape index (κ2) is 10.7. The summed E-state index contributed by atoms with van der Waals surface area (Å²) in [7, 11) is 0. The number of hydrogen-bond donors (Lipinski definition) is 4. The summed E-state index contributed by atoms with van der Waals surface area (Å²) < 4.78 is 2.24. The number of amides is 2. The summed E-state index contributed by atoms with van der Waals surface area (Å²) in [6.45, 7) is 3.99. The van der Waals surface area contributed by atoms with Crippen LogP contribution in [0.25, 0.3) is 10.9 Å². The standard InChI is InChI=1S/C26H36N6O4/c1-2-30-19(13-16-7-8-17(24(28)29)14-22(16)30)10-9-18-5-3-11-31(18)26(36)21-6-4-12-32(21)25(35)20(27)15-23(33)34/h7-8,13-14,18,20-21H,2-6,9-12,15,27H2,1H3,(H3,28,29)(H,33,34)/t18-,20-,21+/m0/s1. The summed E-state index contributed by atoms with van der Waals surface area (Å²) >= 11 is 0. The van der Waals surface area contributed by atoms with Crippen LogP contribution >= 0.6 is 0 Å². The minimum atomic E-state index is -1.13. The number of aromatic nitrogens is 1. The third kappa shape index (κ3) is 5.09. The van der Waals surface area contributed by atoms with E-state index in [4.69, 9.17) is 22.0 Å². The van der Waals surface area contributed by atoms with Crippen LogP contribution in [0.5, 0.6) is 0 Å². The van der Waals surface area contributed by atoms with Gasteiger partial charge in [0.2, 0.25) is 11.8 Å². The van der Waals surface area contributed by atoms with Crippen LogP contribution in [0.1, 0.15) is 56.7 Å². The van der Waals surface area contributed by atoms with Gasteiger partial charge in [0.25, 0.3) is 0 Å². The highest BCUT2D eigenvalue weighted by molar-refractivity contribution is 5.98. The molecule has 2 saturated heterocycles. The zero-order chi connectivity index (χ0) is 26.0. The molecule has 0 spiro atoms. The van der Waals surface area contributed by atoms with Crippen molar-refractivity contribution in [3.63, 3.8) is 0 Å². The molecule has 2 aliphatic rings. The molecule has 1 aromatic carbocycles. The van der Waals surface area contributed by atoms with E-state index in [1.807, 2.05) is 23.1 Å². The van der Waals surface area contributed by atoms with Gasteiger partial charge in [0.15, 0.2) is 0 Å². The number of nitrogens with zero attached hydrogens (tertiary/aromatic N) is 3. The molecule has 3 atom stereocenters. The summed E-state index contributed by atoms with van der Waals surface area (Å²) in [5.74, 6) is -1.58. The third-order valence-corrected chi connectivity index (χ3v) is 7.54. The molecular formula is C26H36N6O4. The van der Waals surface area contributed by atoms with E-state index in [-0.39, 0.29) is 17.8 Å². The number of fused-ring (bicyclic) bond motifs is 1. The minimum absolute atomic E-state index is 0.0470. The molecule has 2 fully saturated rings. The first-order valence-electron chi connectivity index (χ1n) is 12.8. The molecule has 0 aliphatic carbocycles. The lowest BCUT2D eigenvalue weighted by Crippen LogP contribution is -2.53. The Labute approximate surface area is 210 Å². The molecule has 3 heterocycles. The maximum Gasteiger partial charge on any atom is 0.305 e. The lowest BCUT2D eigenvalue weighted by Gasteiger charge is -2.32. The molecule has 0 saturated carbocycles. The van der Waals surface area contributed by atoms with Crippen LogP contribution in [0.15, 0.2) is 24.3 Å². The Morgan fingerprint density at radius 3 is 2.56 bits per heavy atom. The number of rotatable bonds is 9. The molecule has 2 amide bonds. The van der Waals surface area contributed by atoms with Crippen LogP contribution in [-0.2, 0) is 27.3 Å². The van der Waals surface area contributed by atoms with E-state index >= 15 is 0 Å². The van der Waals surface area contributed by atoms with Gasteiger partial charge in [-0.05, 0) is 63.0 Å². The van der Waals surface area contributed by atoms with E-state index in [0.29, 0.717) is 31.5 Å². The lowest BCUT2D eigenvalue weighted by atomic mass is 10.1. The van der Waals surface area contributed by atoms with Gasteiger partial charge in [0.05, 0.1) is 12.5 Å². The van der Waals surface area contributed by atoms with Gasteiger partial charge in [-0.25, -0.2) is 0 Å². The number of nitrogens with one attached hydrogen (secondary N) is 1. The number of aliphatic carboxylic acids is 1. The van der Waals surface area contributed by atoms with Gasteiger partial charge < -0.3 is 30.9 Å². The summed E-state index contributed by atoms with van der Waals surface area (Å²) in [5.41, 5.74) is 14.4. The van der Waals surface area contributed by atoms with Crippen LogP contribution in [-0.4, -0.2) is 74.3 Å². The van der Waals surface area contributed by atoms with Gasteiger partial charge >= 0.3 is 5.97 Å². The number of carbonyl (C=O) groups is 3. The first kappa shape index (κ1) is 25.7. The van der Waals surface area contributed by atoms with Crippen molar-refractivity contribution in [2.24, 2.45) is 11.5 Å². The fraction of sp³-hybridized carbons (Fsp3) is 0.538. The van der Waals surface area contributed by atoms with Gasteiger partial charge in [-0.15, -0.1) is 0 Å². The molecule has 2 aromatic rings. The van der Waals surface area contributed by atoms with Crippen LogP contribution < -0.4 is 11.5 Å². The molecule has 194 valence electrons. The van der Waals surface area contributed by atoms with Crippen molar-refractivity contribution in [2.45, 2.75) is 76.5 Å². The van der Waals surface area contributed by atoms with Crippen LogP contribution in [0.3, 0.4) is 0 Å². The maximum absolute atomic E-state index is 13.5. The Kier molecular flexibility index (Phi) is 7.63. The minimum Gasteiger partial charge on any atom is -0.481 e. The number of amidine groups is 1. The first-order chi connectivity index (χ1) is 17.2. The number of hydrogen-bond acceptors (Lipinski definition) is 5. The molecule has 10 nitrogen and oxygen atoms in total. The number of likely N-dealkylation sites (tertiary alicyclic amines) is 2. The van der Waals surface area contributed by atoms with E-state index < -0.39 is 30.4 Å². The second-order valence-corrected chi connectivity index (χ2v) is 9.83. The molecular weight excluding hydrogens is 460 g/mol. The number of benzene rings is 1. The SMILES string of the molecule is CCn1c(CC[C@@H]2CCCN2C(=O)[C@H]2CCCN2C(=O)[C@@H](N)CC(=O)O)cc2ccc(C(=N)N)cc21. The van der Waals surface area contributed by atoms with Gasteiger partial charge in [-0.1, -0.05) is 12.1 Å². The summed E-state index contributed by atoms with van der Waals surface area (Å²) in [5, 5.41) is 17.8. The highest BCUT2D eigenvalue weighted by atomic mass is 16.4.